The Morgan fingerprint density at radius 1 is 0.875 bits per heavy atom. The van der Waals surface area contributed by atoms with Crippen LogP contribution >= 0.6 is 0 Å². The van der Waals surface area contributed by atoms with Gasteiger partial charge in [0.25, 0.3) is 0 Å². The fourth-order valence-electron chi connectivity index (χ4n) is 1.13. The van der Waals surface area contributed by atoms with Crippen LogP contribution in [0.2, 0.25) is 0 Å². The van der Waals surface area contributed by atoms with Gasteiger partial charge in [-0.1, -0.05) is 0 Å². The summed E-state index contributed by atoms with van der Waals surface area (Å²) in [5, 5.41) is 17.3. The van der Waals surface area contributed by atoms with Crippen LogP contribution in [-0.4, -0.2) is 36.6 Å². The quantitative estimate of drug-likeness (QED) is 0.493. The fourth-order valence-corrected chi connectivity index (χ4v) is 1.13. The number of hydrogen-bond acceptors (Lipinski definition) is 6. The highest BCUT2D eigenvalue weighted by Gasteiger charge is 2.08. The van der Waals surface area contributed by atoms with Gasteiger partial charge in [-0.25, -0.2) is 0 Å². The van der Waals surface area contributed by atoms with Crippen molar-refractivity contribution in [2.45, 2.75) is 0 Å². The zero-order chi connectivity index (χ0) is 12.0. The van der Waals surface area contributed by atoms with Gasteiger partial charge in [-0.05, 0) is 0 Å². The standard InChI is InChI=1S/C10H16N2O4/c11-7-5-9(15-3-1-13)10(6-8(7)12)16-4-2-14/h5-6,13-14H,1-4,11-12H2. The first-order valence-corrected chi connectivity index (χ1v) is 4.85. The average molecular weight is 228 g/mol. The van der Waals surface area contributed by atoms with E-state index in [1.807, 2.05) is 0 Å². The van der Waals surface area contributed by atoms with Crippen molar-refractivity contribution in [2.24, 2.45) is 0 Å². The molecule has 0 aliphatic rings. The highest BCUT2D eigenvalue weighted by molar-refractivity contribution is 5.69. The van der Waals surface area contributed by atoms with Gasteiger partial charge in [0.1, 0.15) is 13.2 Å². The van der Waals surface area contributed by atoms with Gasteiger partial charge in [0.15, 0.2) is 11.5 Å². The predicted octanol–water partition coefficient (Wildman–Crippen LogP) is -0.407. The minimum Gasteiger partial charge on any atom is -0.487 e. The van der Waals surface area contributed by atoms with Gasteiger partial charge in [0.2, 0.25) is 0 Å². The molecule has 6 N–H and O–H groups in total. The summed E-state index contributed by atoms with van der Waals surface area (Å²) in [5.41, 5.74) is 12.0. The summed E-state index contributed by atoms with van der Waals surface area (Å²) in [5.74, 6) is 0.795. The number of anilines is 2. The molecule has 0 fully saturated rings. The number of ether oxygens (including phenoxy) is 2. The summed E-state index contributed by atoms with van der Waals surface area (Å²) in [4.78, 5) is 0. The molecule has 0 atom stereocenters. The molecular weight excluding hydrogens is 212 g/mol. The molecule has 6 heteroatoms. The van der Waals surface area contributed by atoms with Crippen molar-refractivity contribution in [2.75, 3.05) is 37.9 Å². The van der Waals surface area contributed by atoms with Crippen LogP contribution in [0, 0.1) is 0 Å². The van der Waals surface area contributed by atoms with Crippen molar-refractivity contribution in [3.05, 3.63) is 12.1 Å². The van der Waals surface area contributed by atoms with Gasteiger partial charge in [-0.15, -0.1) is 0 Å². The van der Waals surface area contributed by atoms with E-state index in [1.165, 1.54) is 12.1 Å². The molecule has 90 valence electrons. The Kier molecular flexibility index (Phi) is 4.68. The molecule has 0 amide bonds. The zero-order valence-electron chi connectivity index (χ0n) is 8.85. The molecule has 0 spiro atoms. The molecule has 1 rings (SSSR count). The SMILES string of the molecule is Nc1cc(OCCO)c(OCCO)cc1N. The van der Waals surface area contributed by atoms with Gasteiger partial charge in [-0.2, -0.15) is 0 Å². The summed E-state index contributed by atoms with van der Waals surface area (Å²) < 4.78 is 10.5. The third-order valence-electron chi connectivity index (χ3n) is 1.85. The van der Waals surface area contributed by atoms with Gasteiger partial charge < -0.3 is 31.2 Å². The van der Waals surface area contributed by atoms with Crippen LogP contribution in [0.1, 0.15) is 0 Å². The van der Waals surface area contributed by atoms with Crippen molar-refractivity contribution in [1.82, 2.24) is 0 Å². The smallest absolute Gasteiger partial charge is 0.163 e. The highest BCUT2D eigenvalue weighted by atomic mass is 16.5. The minimum atomic E-state index is -0.107. The number of rotatable bonds is 6. The van der Waals surface area contributed by atoms with E-state index in [2.05, 4.69) is 0 Å². The Morgan fingerprint density at radius 3 is 1.56 bits per heavy atom. The summed E-state index contributed by atoms with van der Waals surface area (Å²) in [6.45, 7) is 0.0606. The Labute approximate surface area is 93.4 Å². The van der Waals surface area contributed by atoms with E-state index in [-0.39, 0.29) is 26.4 Å². The molecule has 0 saturated heterocycles. The van der Waals surface area contributed by atoms with Gasteiger partial charge in [0.05, 0.1) is 24.6 Å². The van der Waals surface area contributed by atoms with Crippen LogP contribution in [0.25, 0.3) is 0 Å². The molecule has 1 aromatic rings. The maximum atomic E-state index is 8.66. The number of benzene rings is 1. The van der Waals surface area contributed by atoms with Crippen molar-refractivity contribution in [1.29, 1.82) is 0 Å². The van der Waals surface area contributed by atoms with Gasteiger partial charge in [-0.3, -0.25) is 0 Å². The second kappa shape index (κ2) is 6.04. The number of aliphatic hydroxyl groups is 2. The third-order valence-corrected chi connectivity index (χ3v) is 1.85. The molecule has 0 heterocycles. The van der Waals surface area contributed by atoms with Crippen molar-refractivity contribution in [3.63, 3.8) is 0 Å². The number of aliphatic hydroxyl groups excluding tert-OH is 2. The van der Waals surface area contributed by atoms with Crippen LogP contribution < -0.4 is 20.9 Å². The lowest BCUT2D eigenvalue weighted by Gasteiger charge is -2.13. The van der Waals surface area contributed by atoms with Crippen molar-refractivity contribution < 1.29 is 19.7 Å². The first-order valence-electron chi connectivity index (χ1n) is 4.85. The molecule has 0 radical (unpaired) electrons. The zero-order valence-corrected chi connectivity index (χ0v) is 8.85. The first kappa shape index (κ1) is 12.4. The summed E-state index contributed by atoms with van der Waals surface area (Å²) in [7, 11) is 0. The molecular formula is C10H16N2O4. The van der Waals surface area contributed by atoms with E-state index in [0.717, 1.165) is 0 Å². The second-order valence-electron chi connectivity index (χ2n) is 3.07. The Hall–Kier alpha value is -1.66. The summed E-state index contributed by atoms with van der Waals surface area (Å²) in [6, 6.07) is 3.05. The molecule has 0 saturated carbocycles. The predicted molar refractivity (Wildman–Crippen MR) is 60.4 cm³/mol. The van der Waals surface area contributed by atoms with E-state index in [0.29, 0.717) is 22.9 Å². The van der Waals surface area contributed by atoms with E-state index >= 15 is 0 Å². The molecule has 16 heavy (non-hydrogen) atoms. The first-order chi connectivity index (χ1) is 7.69. The molecule has 0 aliphatic carbocycles. The monoisotopic (exact) mass is 228 g/mol. The van der Waals surface area contributed by atoms with Crippen LogP contribution in [0.3, 0.4) is 0 Å². The highest BCUT2D eigenvalue weighted by Crippen LogP contribution is 2.33. The fraction of sp³-hybridized carbons (Fsp3) is 0.400. The number of nitrogen functional groups attached to an aromatic ring is 2. The largest absolute Gasteiger partial charge is 0.487 e. The maximum Gasteiger partial charge on any atom is 0.163 e. The topological polar surface area (TPSA) is 111 Å². The van der Waals surface area contributed by atoms with Crippen LogP contribution in [0.5, 0.6) is 11.5 Å². The minimum absolute atomic E-state index is 0.107. The van der Waals surface area contributed by atoms with Gasteiger partial charge in [0, 0.05) is 12.1 Å². The number of hydrogen-bond donors (Lipinski definition) is 4. The van der Waals surface area contributed by atoms with Crippen LogP contribution in [0.15, 0.2) is 12.1 Å². The Balaban J connectivity index is 2.87. The molecule has 0 unspecified atom stereocenters. The van der Waals surface area contributed by atoms with E-state index in [9.17, 15) is 0 Å². The van der Waals surface area contributed by atoms with E-state index < -0.39 is 0 Å². The maximum absolute atomic E-state index is 8.66. The van der Waals surface area contributed by atoms with Crippen LogP contribution in [0.4, 0.5) is 11.4 Å². The second-order valence-corrected chi connectivity index (χ2v) is 3.07. The summed E-state index contributed by atoms with van der Waals surface area (Å²) in [6.07, 6.45) is 0. The molecule has 1 aromatic carbocycles. The van der Waals surface area contributed by atoms with Gasteiger partial charge >= 0.3 is 0 Å². The normalized spacial score (nSPS) is 10.1. The van der Waals surface area contributed by atoms with E-state index in [4.69, 9.17) is 31.2 Å². The lowest BCUT2D eigenvalue weighted by molar-refractivity contribution is 0.178. The lowest BCUT2D eigenvalue weighted by atomic mass is 10.2. The number of nitrogens with two attached hydrogens (primary N) is 2. The molecule has 6 nitrogen and oxygen atoms in total. The van der Waals surface area contributed by atoms with Crippen LogP contribution in [-0.2, 0) is 0 Å². The summed E-state index contributed by atoms with van der Waals surface area (Å²) >= 11 is 0. The average Bonchev–Trinajstić information content (AvgIpc) is 2.28. The Bertz CT molecular complexity index is 311. The van der Waals surface area contributed by atoms with Crippen molar-refractivity contribution in [3.8, 4) is 11.5 Å². The van der Waals surface area contributed by atoms with E-state index in [1.54, 1.807) is 0 Å². The molecule has 0 bridgehead atoms. The van der Waals surface area contributed by atoms with Crippen molar-refractivity contribution >= 4 is 11.4 Å². The Morgan fingerprint density at radius 2 is 1.25 bits per heavy atom. The lowest BCUT2D eigenvalue weighted by Crippen LogP contribution is -2.08. The molecule has 0 aromatic heterocycles. The third kappa shape index (κ3) is 3.18. The molecule has 0 aliphatic heterocycles.